The third-order valence-electron chi connectivity index (χ3n) is 1.65. The minimum absolute atomic E-state index is 0.144. The number of nitrogens with one attached hydrogen (secondary N) is 2. The average molecular weight is 194 g/mol. The summed E-state index contributed by atoms with van der Waals surface area (Å²) in [4.78, 5) is 9.82. The predicted octanol–water partition coefficient (Wildman–Crippen LogP) is -2.61. The van der Waals surface area contributed by atoms with E-state index in [9.17, 15) is 13.2 Å². The summed E-state index contributed by atoms with van der Waals surface area (Å²) in [6, 6.07) is -0.597. The van der Waals surface area contributed by atoms with Crippen molar-refractivity contribution in [2.45, 2.75) is 12.1 Å². The molecule has 1 aliphatic rings. The summed E-state index contributed by atoms with van der Waals surface area (Å²) in [5.74, 6) is -0.389. The molecule has 0 aromatic carbocycles. The smallest absolute Gasteiger partial charge is 0.221 e. The summed E-state index contributed by atoms with van der Waals surface area (Å²) < 4.78 is 21.8. The summed E-state index contributed by atoms with van der Waals surface area (Å²) in [7, 11) is -3.14. The lowest BCUT2D eigenvalue weighted by atomic mass is 10.2. The molecule has 0 spiro atoms. The highest BCUT2D eigenvalue weighted by Gasteiger charge is 2.36. The first-order valence-corrected chi connectivity index (χ1v) is 5.20. The van der Waals surface area contributed by atoms with Gasteiger partial charge in [-0.05, 0) is 0 Å². The summed E-state index contributed by atoms with van der Waals surface area (Å²) in [6.45, 7) is 0. The second-order valence-corrected chi connectivity index (χ2v) is 4.81. The van der Waals surface area contributed by atoms with Crippen LogP contribution in [0.3, 0.4) is 0 Å². The van der Waals surface area contributed by atoms with Crippen LogP contribution >= 0.6 is 0 Å². The number of hydrazine groups is 1. The van der Waals surface area contributed by atoms with Crippen LogP contribution in [0.5, 0.6) is 0 Å². The molecule has 0 aromatic heterocycles. The third-order valence-corrected chi connectivity index (χ3v) is 3.37. The van der Waals surface area contributed by atoms with Gasteiger partial charge in [0.2, 0.25) is 6.41 Å². The van der Waals surface area contributed by atoms with Gasteiger partial charge < -0.3 is 5.11 Å². The number of aliphatic hydroxyl groups is 1. The zero-order valence-corrected chi connectivity index (χ0v) is 7.04. The second-order valence-electron chi connectivity index (χ2n) is 2.66. The van der Waals surface area contributed by atoms with Gasteiger partial charge in [-0.1, -0.05) is 0 Å². The van der Waals surface area contributed by atoms with Crippen LogP contribution in [0.4, 0.5) is 0 Å². The molecule has 1 amide bonds. The zero-order valence-electron chi connectivity index (χ0n) is 6.23. The van der Waals surface area contributed by atoms with Crippen LogP contribution in [0.25, 0.3) is 0 Å². The van der Waals surface area contributed by atoms with E-state index in [1.807, 2.05) is 0 Å². The van der Waals surface area contributed by atoms with E-state index in [2.05, 4.69) is 10.9 Å². The Kier molecular flexibility index (Phi) is 2.65. The number of carbonyl (C=O) groups excluding carboxylic acids is 1. The Bertz CT molecular complexity index is 263. The molecule has 1 fully saturated rings. The Morgan fingerprint density at radius 3 is 2.50 bits per heavy atom. The van der Waals surface area contributed by atoms with Crippen molar-refractivity contribution in [2.24, 2.45) is 0 Å². The van der Waals surface area contributed by atoms with Crippen molar-refractivity contribution < 1.29 is 18.3 Å². The Morgan fingerprint density at radius 1 is 1.42 bits per heavy atom. The summed E-state index contributed by atoms with van der Waals surface area (Å²) >= 11 is 0. The van der Waals surface area contributed by atoms with Gasteiger partial charge in [0.25, 0.3) is 0 Å². The molecule has 6 nitrogen and oxygen atoms in total. The van der Waals surface area contributed by atoms with Crippen LogP contribution in [0.2, 0.25) is 0 Å². The summed E-state index contributed by atoms with van der Waals surface area (Å²) in [6.07, 6.45) is -0.556. The van der Waals surface area contributed by atoms with Gasteiger partial charge in [0, 0.05) is 0 Å². The first-order chi connectivity index (χ1) is 5.55. The minimum atomic E-state index is -3.14. The van der Waals surface area contributed by atoms with Gasteiger partial charge in [-0.2, -0.15) is 0 Å². The fourth-order valence-corrected chi connectivity index (χ4v) is 2.85. The third kappa shape index (κ3) is 2.16. The molecular weight excluding hydrogens is 184 g/mol. The number of carbonyl (C=O) groups is 1. The van der Waals surface area contributed by atoms with Crippen molar-refractivity contribution in [1.29, 1.82) is 0 Å². The molecule has 1 rings (SSSR count). The van der Waals surface area contributed by atoms with Crippen molar-refractivity contribution in [3.05, 3.63) is 0 Å². The SMILES string of the molecule is O=CNN[C@H]1CS(=O)(=O)C[C@H]1O. The average Bonchev–Trinajstić information content (AvgIpc) is 2.20. The molecule has 0 bridgehead atoms. The fourth-order valence-electron chi connectivity index (χ4n) is 1.11. The van der Waals surface area contributed by atoms with Gasteiger partial charge in [-0.3, -0.25) is 10.2 Å². The van der Waals surface area contributed by atoms with E-state index in [4.69, 9.17) is 5.11 Å². The van der Waals surface area contributed by atoms with E-state index >= 15 is 0 Å². The molecule has 1 heterocycles. The first-order valence-electron chi connectivity index (χ1n) is 3.38. The molecule has 1 saturated heterocycles. The van der Waals surface area contributed by atoms with Crippen LogP contribution in [0.1, 0.15) is 0 Å². The monoisotopic (exact) mass is 194 g/mol. The van der Waals surface area contributed by atoms with E-state index in [1.54, 1.807) is 0 Å². The Morgan fingerprint density at radius 2 is 2.08 bits per heavy atom. The molecule has 70 valence electrons. The minimum Gasteiger partial charge on any atom is -0.390 e. The van der Waals surface area contributed by atoms with Gasteiger partial charge >= 0.3 is 0 Å². The maximum absolute atomic E-state index is 10.9. The van der Waals surface area contributed by atoms with Crippen LogP contribution in [0.15, 0.2) is 0 Å². The fraction of sp³-hybridized carbons (Fsp3) is 0.800. The van der Waals surface area contributed by atoms with Crippen molar-refractivity contribution in [3.8, 4) is 0 Å². The van der Waals surface area contributed by atoms with E-state index < -0.39 is 22.0 Å². The van der Waals surface area contributed by atoms with Gasteiger partial charge in [-0.15, -0.1) is 0 Å². The molecule has 0 saturated carbocycles. The van der Waals surface area contributed by atoms with Crippen molar-refractivity contribution in [1.82, 2.24) is 10.9 Å². The van der Waals surface area contributed by atoms with Crippen LogP contribution in [0, 0.1) is 0 Å². The number of amides is 1. The summed E-state index contributed by atoms with van der Waals surface area (Å²) in [5.41, 5.74) is 4.49. The van der Waals surface area contributed by atoms with E-state index in [-0.39, 0.29) is 11.5 Å². The topological polar surface area (TPSA) is 95.5 Å². The second kappa shape index (κ2) is 3.38. The molecule has 0 unspecified atom stereocenters. The van der Waals surface area contributed by atoms with Crippen LogP contribution in [-0.4, -0.2) is 43.6 Å². The molecule has 7 heteroatoms. The highest BCUT2D eigenvalue weighted by Crippen LogP contribution is 2.11. The Labute approximate surface area is 69.8 Å². The van der Waals surface area contributed by atoms with E-state index in [0.29, 0.717) is 6.41 Å². The number of hydrogen-bond acceptors (Lipinski definition) is 5. The van der Waals surface area contributed by atoms with E-state index in [1.165, 1.54) is 0 Å². The Balaban J connectivity index is 2.52. The lowest BCUT2D eigenvalue weighted by Gasteiger charge is -2.12. The first kappa shape index (κ1) is 9.43. The number of aliphatic hydroxyl groups excluding tert-OH is 1. The molecule has 2 atom stereocenters. The number of rotatable bonds is 3. The molecule has 0 aliphatic carbocycles. The Hall–Kier alpha value is -0.660. The van der Waals surface area contributed by atoms with Crippen LogP contribution in [-0.2, 0) is 14.6 Å². The maximum atomic E-state index is 10.9. The van der Waals surface area contributed by atoms with Crippen LogP contribution < -0.4 is 10.9 Å². The van der Waals surface area contributed by atoms with Gasteiger partial charge in [-0.25, -0.2) is 13.8 Å². The largest absolute Gasteiger partial charge is 0.390 e. The lowest BCUT2D eigenvalue weighted by molar-refractivity contribution is -0.110. The highest BCUT2D eigenvalue weighted by atomic mass is 32.2. The number of hydrogen-bond donors (Lipinski definition) is 3. The van der Waals surface area contributed by atoms with E-state index in [0.717, 1.165) is 0 Å². The lowest BCUT2D eigenvalue weighted by Crippen LogP contribution is -2.46. The summed E-state index contributed by atoms with van der Waals surface area (Å²) in [5, 5.41) is 9.15. The predicted molar refractivity (Wildman–Crippen MR) is 40.8 cm³/mol. The van der Waals surface area contributed by atoms with Gasteiger partial charge in [0.1, 0.15) is 0 Å². The maximum Gasteiger partial charge on any atom is 0.221 e. The zero-order chi connectivity index (χ0) is 9.19. The molecule has 0 radical (unpaired) electrons. The molecule has 3 N–H and O–H groups in total. The number of sulfone groups is 1. The quantitative estimate of drug-likeness (QED) is 0.338. The molecule has 1 aliphatic heterocycles. The normalized spacial score (nSPS) is 33.1. The van der Waals surface area contributed by atoms with Crippen molar-refractivity contribution in [2.75, 3.05) is 11.5 Å². The highest BCUT2D eigenvalue weighted by molar-refractivity contribution is 7.91. The van der Waals surface area contributed by atoms with Gasteiger partial charge in [0.05, 0.1) is 23.7 Å². The van der Waals surface area contributed by atoms with Crippen molar-refractivity contribution in [3.63, 3.8) is 0 Å². The molecule has 0 aromatic rings. The molecule has 12 heavy (non-hydrogen) atoms. The van der Waals surface area contributed by atoms with Crippen molar-refractivity contribution >= 4 is 16.2 Å². The molecular formula is C5H10N2O4S. The standard InChI is InChI=1S/C5H10N2O4S/c8-3-6-7-4-1-12(10,11)2-5(4)9/h3-5,7,9H,1-2H2,(H,6,8)/t4-,5+/m0/s1. The van der Waals surface area contributed by atoms with Gasteiger partial charge in [0.15, 0.2) is 9.84 Å².